The van der Waals surface area contributed by atoms with Crippen molar-refractivity contribution in [1.82, 2.24) is 4.72 Å². The summed E-state index contributed by atoms with van der Waals surface area (Å²) in [4.78, 5) is 23.8. The van der Waals surface area contributed by atoms with Gasteiger partial charge in [-0.2, -0.15) is 0 Å². The van der Waals surface area contributed by atoms with Gasteiger partial charge in [0.1, 0.15) is 0 Å². The number of carboxylic acids is 1. The van der Waals surface area contributed by atoms with Crippen LogP contribution in [0, 0.1) is 0 Å². The first-order valence-electron chi connectivity index (χ1n) is 8.63. The Morgan fingerprint density at radius 1 is 1.00 bits per heavy atom. The van der Waals surface area contributed by atoms with Crippen LogP contribution < -0.4 is 10.0 Å². The van der Waals surface area contributed by atoms with Crippen LogP contribution in [-0.4, -0.2) is 31.4 Å². The van der Waals surface area contributed by atoms with Gasteiger partial charge in [-0.25, -0.2) is 17.9 Å². The molecule has 1 fully saturated rings. The zero-order chi connectivity index (χ0) is 19.4. The fourth-order valence-corrected chi connectivity index (χ4v) is 4.46. The van der Waals surface area contributed by atoms with E-state index < -0.39 is 21.9 Å². The van der Waals surface area contributed by atoms with E-state index in [9.17, 15) is 23.1 Å². The van der Waals surface area contributed by atoms with Crippen molar-refractivity contribution in [2.45, 2.75) is 36.6 Å². The summed E-state index contributed by atoms with van der Waals surface area (Å²) in [7, 11) is -3.72. The highest BCUT2D eigenvalue weighted by atomic mass is 32.2. The van der Waals surface area contributed by atoms with Gasteiger partial charge < -0.3 is 10.4 Å². The second kappa shape index (κ2) is 7.89. The molecule has 1 amide bonds. The molecule has 0 heterocycles. The molecule has 2 aromatic rings. The number of carbonyl (C=O) groups excluding carboxylic acids is 1. The summed E-state index contributed by atoms with van der Waals surface area (Å²) in [6.45, 7) is 0. The number of amides is 1. The standard InChI is InChI=1S/C19H20N2O5S/c22-18(20-17-11-4-3-10-16(17)19(23)24)13-6-5-9-15(12-13)27(25,26)21-14-7-1-2-8-14/h3-6,9-12,14,21H,1-2,7-8H2,(H,20,22)(H,23,24). The number of carbonyl (C=O) groups is 2. The summed E-state index contributed by atoms with van der Waals surface area (Å²) < 4.78 is 27.8. The molecule has 1 saturated carbocycles. The third kappa shape index (κ3) is 4.53. The highest BCUT2D eigenvalue weighted by Gasteiger charge is 2.23. The first-order valence-corrected chi connectivity index (χ1v) is 10.1. The van der Waals surface area contributed by atoms with Gasteiger partial charge in [-0.1, -0.05) is 31.0 Å². The van der Waals surface area contributed by atoms with Crippen molar-refractivity contribution in [3.05, 3.63) is 59.7 Å². The van der Waals surface area contributed by atoms with Crippen molar-refractivity contribution in [2.24, 2.45) is 0 Å². The highest BCUT2D eigenvalue weighted by Crippen LogP contribution is 2.21. The molecule has 27 heavy (non-hydrogen) atoms. The topological polar surface area (TPSA) is 113 Å². The first-order chi connectivity index (χ1) is 12.9. The number of hydrogen-bond donors (Lipinski definition) is 3. The second-order valence-electron chi connectivity index (χ2n) is 6.44. The molecule has 1 aliphatic carbocycles. The number of carboxylic acid groups (broad SMARTS) is 1. The van der Waals surface area contributed by atoms with Crippen LogP contribution in [0.1, 0.15) is 46.4 Å². The van der Waals surface area contributed by atoms with E-state index in [0.29, 0.717) is 0 Å². The second-order valence-corrected chi connectivity index (χ2v) is 8.15. The van der Waals surface area contributed by atoms with Crippen LogP contribution >= 0.6 is 0 Å². The van der Waals surface area contributed by atoms with Crippen molar-refractivity contribution in [1.29, 1.82) is 0 Å². The van der Waals surface area contributed by atoms with Crippen LogP contribution in [0.25, 0.3) is 0 Å². The van der Waals surface area contributed by atoms with Gasteiger partial charge in [0.05, 0.1) is 16.1 Å². The van der Waals surface area contributed by atoms with Crippen LogP contribution in [-0.2, 0) is 10.0 Å². The molecule has 0 atom stereocenters. The summed E-state index contributed by atoms with van der Waals surface area (Å²) in [5.41, 5.74) is 0.231. The van der Waals surface area contributed by atoms with Crippen LogP contribution in [0.5, 0.6) is 0 Å². The third-order valence-corrected chi connectivity index (χ3v) is 6.01. The monoisotopic (exact) mass is 388 g/mol. The van der Waals surface area contributed by atoms with Crippen molar-refractivity contribution in [3.8, 4) is 0 Å². The van der Waals surface area contributed by atoms with E-state index in [-0.39, 0.29) is 27.8 Å². The molecule has 0 bridgehead atoms. The van der Waals surface area contributed by atoms with E-state index in [1.807, 2.05) is 0 Å². The number of para-hydroxylation sites is 1. The predicted molar refractivity (Wildman–Crippen MR) is 100 cm³/mol. The molecule has 3 N–H and O–H groups in total. The summed E-state index contributed by atoms with van der Waals surface area (Å²) in [6, 6.07) is 11.6. The van der Waals surface area contributed by atoms with Crippen molar-refractivity contribution >= 4 is 27.6 Å². The number of anilines is 1. The first kappa shape index (κ1) is 19.1. The Bertz CT molecular complexity index is 966. The van der Waals surface area contributed by atoms with Gasteiger partial charge in [0.15, 0.2) is 0 Å². The van der Waals surface area contributed by atoms with Gasteiger partial charge in [0, 0.05) is 11.6 Å². The van der Waals surface area contributed by atoms with E-state index in [0.717, 1.165) is 25.7 Å². The van der Waals surface area contributed by atoms with Crippen LogP contribution in [0.15, 0.2) is 53.4 Å². The Balaban J connectivity index is 1.81. The number of hydrogen-bond acceptors (Lipinski definition) is 4. The molecular weight excluding hydrogens is 368 g/mol. The molecule has 3 rings (SSSR count). The summed E-state index contributed by atoms with van der Waals surface area (Å²) in [5.74, 6) is -1.75. The molecule has 2 aromatic carbocycles. The SMILES string of the molecule is O=C(Nc1ccccc1C(=O)O)c1cccc(S(=O)(=O)NC2CCCC2)c1. The lowest BCUT2D eigenvalue weighted by Crippen LogP contribution is -2.32. The normalized spacial score (nSPS) is 14.8. The molecule has 8 heteroatoms. The minimum atomic E-state index is -3.72. The Kier molecular flexibility index (Phi) is 5.57. The maximum Gasteiger partial charge on any atom is 0.337 e. The molecule has 142 valence electrons. The van der Waals surface area contributed by atoms with Crippen molar-refractivity contribution in [2.75, 3.05) is 5.32 Å². The molecule has 7 nitrogen and oxygen atoms in total. The molecule has 0 aliphatic heterocycles. The Morgan fingerprint density at radius 3 is 2.41 bits per heavy atom. The maximum atomic E-state index is 12.5. The van der Waals surface area contributed by atoms with Crippen molar-refractivity contribution < 1.29 is 23.1 Å². The minimum Gasteiger partial charge on any atom is -0.478 e. The largest absolute Gasteiger partial charge is 0.478 e. The molecule has 0 radical (unpaired) electrons. The summed E-state index contributed by atoms with van der Waals surface area (Å²) in [6.07, 6.45) is 3.62. The van der Waals surface area contributed by atoms with Gasteiger partial charge in [0.2, 0.25) is 10.0 Å². The zero-order valence-corrected chi connectivity index (χ0v) is 15.3. The number of nitrogens with one attached hydrogen (secondary N) is 2. The van der Waals surface area contributed by atoms with Gasteiger partial charge in [0.25, 0.3) is 5.91 Å². The van der Waals surface area contributed by atoms with E-state index in [2.05, 4.69) is 10.0 Å². The molecule has 0 aromatic heterocycles. The molecule has 0 unspecified atom stereocenters. The molecule has 0 saturated heterocycles. The average molecular weight is 388 g/mol. The van der Waals surface area contributed by atoms with Gasteiger partial charge in [-0.05, 0) is 43.2 Å². The van der Waals surface area contributed by atoms with E-state index >= 15 is 0 Å². The lowest BCUT2D eigenvalue weighted by atomic mass is 10.1. The molecule has 1 aliphatic rings. The fraction of sp³-hybridized carbons (Fsp3) is 0.263. The summed E-state index contributed by atoms with van der Waals surface area (Å²) >= 11 is 0. The zero-order valence-electron chi connectivity index (χ0n) is 14.5. The van der Waals surface area contributed by atoms with Gasteiger partial charge in [-0.3, -0.25) is 4.79 Å². The minimum absolute atomic E-state index is 0.00793. The maximum absolute atomic E-state index is 12.5. The molecular formula is C19H20N2O5S. The van der Waals surface area contributed by atoms with Gasteiger partial charge in [-0.15, -0.1) is 0 Å². The Labute approximate surface area is 157 Å². The number of rotatable bonds is 6. The summed E-state index contributed by atoms with van der Waals surface area (Å²) in [5, 5.41) is 11.7. The third-order valence-electron chi connectivity index (χ3n) is 4.49. The Morgan fingerprint density at radius 2 is 1.70 bits per heavy atom. The average Bonchev–Trinajstić information content (AvgIpc) is 3.14. The van der Waals surface area contributed by atoms with Crippen molar-refractivity contribution in [3.63, 3.8) is 0 Å². The van der Waals surface area contributed by atoms with Crippen LogP contribution in [0.2, 0.25) is 0 Å². The quantitative estimate of drug-likeness (QED) is 0.704. The Hall–Kier alpha value is -2.71. The van der Waals surface area contributed by atoms with E-state index in [1.165, 1.54) is 36.4 Å². The van der Waals surface area contributed by atoms with Crippen LogP contribution in [0.3, 0.4) is 0 Å². The smallest absolute Gasteiger partial charge is 0.337 e. The fourth-order valence-electron chi connectivity index (χ4n) is 3.11. The highest BCUT2D eigenvalue weighted by molar-refractivity contribution is 7.89. The van der Waals surface area contributed by atoms with E-state index in [1.54, 1.807) is 12.1 Å². The van der Waals surface area contributed by atoms with Gasteiger partial charge >= 0.3 is 5.97 Å². The lowest BCUT2D eigenvalue weighted by Gasteiger charge is -2.13. The predicted octanol–water partition coefficient (Wildman–Crippen LogP) is 2.86. The molecule has 0 spiro atoms. The van der Waals surface area contributed by atoms with Crippen LogP contribution in [0.4, 0.5) is 5.69 Å². The lowest BCUT2D eigenvalue weighted by molar-refractivity contribution is 0.0698. The number of aromatic carboxylic acids is 1. The van der Waals surface area contributed by atoms with E-state index in [4.69, 9.17) is 0 Å². The number of sulfonamides is 1. The number of benzene rings is 2.